The molecule has 0 saturated heterocycles. The van der Waals surface area contributed by atoms with Crippen molar-refractivity contribution in [1.82, 2.24) is 5.32 Å². The second-order valence-electron chi connectivity index (χ2n) is 7.84. The van der Waals surface area contributed by atoms with Crippen LogP contribution >= 0.6 is 15.6 Å². The van der Waals surface area contributed by atoms with Gasteiger partial charge in [0.25, 0.3) is 0 Å². The highest BCUT2D eigenvalue weighted by Crippen LogP contribution is 2.60. The minimum absolute atomic E-state index is 0.0126. The summed E-state index contributed by atoms with van der Waals surface area (Å²) in [5.74, 6) is -0.172. The number of rotatable bonds is 20. The molecule has 1 amide bonds. The van der Waals surface area contributed by atoms with Crippen LogP contribution in [0.2, 0.25) is 0 Å². The zero-order chi connectivity index (χ0) is 26.7. The fourth-order valence-electron chi connectivity index (χ4n) is 3.14. The summed E-state index contributed by atoms with van der Waals surface area (Å²) in [5.41, 5.74) is 1.20. The van der Waals surface area contributed by atoms with Gasteiger partial charge in [0, 0.05) is 6.54 Å². The minimum atomic E-state index is -4.75. The van der Waals surface area contributed by atoms with Crippen molar-refractivity contribution >= 4 is 21.6 Å². The second-order valence-corrected chi connectivity index (χ2v) is 10.9. The van der Waals surface area contributed by atoms with Gasteiger partial charge in [0.2, 0.25) is 5.91 Å². The smallest absolute Gasteiger partial charge is 0.377 e. The van der Waals surface area contributed by atoms with Gasteiger partial charge in [-0.2, -0.15) is 4.31 Å². The number of amides is 1. The maximum atomic E-state index is 11.9. The lowest BCUT2D eigenvalue weighted by Crippen LogP contribution is -2.32. The predicted octanol–water partition coefficient (Wildman–Crippen LogP) is 2.72. The summed E-state index contributed by atoms with van der Waals surface area (Å²) in [7, 11) is -9.40. The molecule has 0 saturated carbocycles. The first-order chi connectivity index (χ1) is 17.2. The van der Waals surface area contributed by atoms with Crippen molar-refractivity contribution in [3.05, 3.63) is 11.6 Å². The maximum absolute atomic E-state index is 11.9. The fraction of sp³-hybridized carbons (Fsp3) is 0.857. The van der Waals surface area contributed by atoms with Crippen LogP contribution in [0.1, 0.15) is 46.0 Å². The van der Waals surface area contributed by atoms with E-state index in [-0.39, 0.29) is 51.7 Å². The monoisotopic (exact) mass is 561 g/mol. The van der Waals surface area contributed by atoms with E-state index in [0.29, 0.717) is 26.4 Å². The molecule has 3 N–H and O–H groups in total. The summed E-state index contributed by atoms with van der Waals surface area (Å²) in [6.07, 6.45) is 7.74. The van der Waals surface area contributed by atoms with E-state index in [2.05, 4.69) is 31.7 Å². The number of hydrogen-bond acceptors (Lipinski definition) is 10. The molecule has 212 valence electrons. The van der Waals surface area contributed by atoms with Gasteiger partial charge in [-0.1, -0.05) is 18.9 Å². The summed E-state index contributed by atoms with van der Waals surface area (Å²) < 4.78 is 57.4. The van der Waals surface area contributed by atoms with Crippen molar-refractivity contribution in [2.45, 2.75) is 52.1 Å². The van der Waals surface area contributed by atoms with E-state index in [0.717, 1.165) is 19.3 Å². The molecule has 3 unspecified atom stereocenters. The zero-order valence-corrected chi connectivity index (χ0v) is 22.9. The Morgan fingerprint density at radius 2 is 1.56 bits per heavy atom. The molecule has 0 aromatic rings. The third kappa shape index (κ3) is 17.7. The number of hydrogen-bond donors (Lipinski definition) is 3. The molecule has 1 aliphatic carbocycles. The van der Waals surface area contributed by atoms with Gasteiger partial charge in [-0.25, -0.2) is 9.13 Å². The van der Waals surface area contributed by atoms with Crippen molar-refractivity contribution in [1.29, 1.82) is 0 Å². The van der Waals surface area contributed by atoms with Crippen molar-refractivity contribution in [3.63, 3.8) is 0 Å². The quantitative estimate of drug-likeness (QED) is 0.113. The van der Waals surface area contributed by atoms with Crippen molar-refractivity contribution in [3.8, 4) is 0 Å². The molecule has 0 aromatic carbocycles. The molecule has 15 heteroatoms. The number of phosphoric acid groups is 2. The normalized spacial score (nSPS) is 21.4. The number of allylic oxidation sites excluding steroid dienone is 1. The molecular formula is C21H41NO12P2. The number of nitrogens with one attached hydrogen (secondary N) is 1. The third-order valence-corrected chi connectivity index (χ3v) is 7.60. The van der Waals surface area contributed by atoms with Gasteiger partial charge < -0.3 is 34.1 Å². The largest absolute Gasteiger partial charge is 0.481 e. The fourth-order valence-corrected chi connectivity index (χ4v) is 5.19. The molecule has 0 heterocycles. The summed E-state index contributed by atoms with van der Waals surface area (Å²) in [6.45, 7) is 4.79. The van der Waals surface area contributed by atoms with E-state index >= 15 is 0 Å². The second kappa shape index (κ2) is 19.4. The molecule has 0 aliphatic heterocycles. The van der Waals surface area contributed by atoms with Gasteiger partial charge in [-0.15, -0.1) is 0 Å². The van der Waals surface area contributed by atoms with E-state index in [9.17, 15) is 23.7 Å². The summed E-state index contributed by atoms with van der Waals surface area (Å²) in [6, 6.07) is 0. The van der Waals surface area contributed by atoms with Crippen LogP contribution in [0.4, 0.5) is 0 Å². The van der Waals surface area contributed by atoms with Crippen LogP contribution in [0, 0.1) is 0 Å². The molecule has 0 spiro atoms. The van der Waals surface area contributed by atoms with Crippen LogP contribution in [-0.4, -0.2) is 87.8 Å². The Balaban J connectivity index is 1.93. The molecule has 0 radical (unpaired) electrons. The molecule has 0 aromatic heterocycles. The standard InChI is InChI=1S/C21H41NO12P2/c1-3-32-35(24,25)34-36(26,27)33-17-16-30-15-14-29-13-12-28-11-10-22-21(23)18-31-20-9-7-5-4-6-8-19(20)2/h8,20H,3-7,9-18H2,1-2H3,(H,22,23)(H,24,25)(H,26,27)/b19-8-. The van der Waals surface area contributed by atoms with Gasteiger partial charge in [0.1, 0.15) is 6.61 Å². The Hall–Kier alpha value is -0.690. The van der Waals surface area contributed by atoms with Crippen molar-refractivity contribution in [2.75, 3.05) is 66.0 Å². The number of carbonyl (C=O) groups is 1. The first-order valence-corrected chi connectivity index (χ1v) is 15.1. The summed E-state index contributed by atoms with van der Waals surface area (Å²) >= 11 is 0. The predicted molar refractivity (Wildman–Crippen MR) is 130 cm³/mol. The Labute approximate surface area is 213 Å². The highest BCUT2D eigenvalue weighted by atomic mass is 31.3. The van der Waals surface area contributed by atoms with Crippen LogP contribution in [0.3, 0.4) is 0 Å². The molecule has 36 heavy (non-hydrogen) atoms. The third-order valence-electron chi connectivity index (χ3n) is 4.85. The Morgan fingerprint density at radius 3 is 2.22 bits per heavy atom. The maximum Gasteiger partial charge on any atom is 0.481 e. The van der Waals surface area contributed by atoms with Gasteiger partial charge in [-0.3, -0.25) is 13.8 Å². The van der Waals surface area contributed by atoms with E-state index in [1.807, 2.05) is 0 Å². The summed E-state index contributed by atoms with van der Waals surface area (Å²) in [4.78, 5) is 30.5. The van der Waals surface area contributed by atoms with Crippen molar-refractivity contribution < 1.29 is 56.0 Å². The number of carbonyl (C=O) groups excluding carboxylic acids is 1. The highest BCUT2D eigenvalue weighted by molar-refractivity contribution is 7.61. The first kappa shape index (κ1) is 33.3. The zero-order valence-electron chi connectivity index (χ0n) is 21.1. The van der Waals surface area contributed by atoms with Crippen LogP contribution < -0.4 is 5.32 Å². The van der Waals surface area contributed by atoms with Gasteiger partial charge >= 0.3 is 15.6 Å². The number of ether oxygens (including phenoxy) is 4. The van der Waals surface area contributed by atoms with E-state index in [1.165, 1.54) is 25.3 Å². The molecular weight excluding hydrogens is 520 g/mol. The summed E-state index contributed by atoms with van der Waals surface area (Å²) in [5, 5.41) is 2.76. The molecule has 0 bridgehead atoms. The first-order valence-electron chi connectivity index (χ1n) is 12.1. The molecule has 3 atom stereocenters. The van der Waals surface area contributed by atoms with E-state index < -0.39 is 15.6 Å². The van der Waals surface area contributed by atoms with Gasteiger partial charge in [0.05, 0.1) is 59.0 Å². The van der Waals surface area contributed by atoms with E-state index in [4.69, 9.17) is 18.9 Å². The average Bonchev–Trinajstić information content (AvgIpc) is 2.78. The van der Waals surface area contributed by atoms with Gasteiger partial charge in [0.15, 0.2) is 0 Å². The average molecular weight is 562 g/mol. The topological polar surface area (TPSA) is 168 Å². The SMILES string of the molecule is CCOP(=O)(O)OP(=O)(O)OCCOCCOCCOCCNC(=O)COC1CCCCC/C=C\1C. The van der Waals surface area contributed by atoms with Crippen LogP contribution in [0.25, 0.3) is 0 Å². The van der Waals surface area contributed by atoms with Crippen molar-refractivity contribution in [2.24, 2.45) is 0 Å². The molecule has 1 rings (SSSR count). The van der Waals surface area contributed by atoms with Crippen LogP contribution in [0.15, 0.2) is 11.6 Å². The number of phosphoric ester groups is 2. The molecule has 1 aliphatic rings. The Bertz CT molecular complexity index is 736. The van der Waals surface area contributed by atoms with E-state index in [1.54, 1.807) is 0 Å². The Kier molecular flexibility index (Phi) is 18.0. The highest BCUT2D eigenvalue weighted by Gasteiger charge is 2.34. The lowest BCUT2D eigenvalue weighted by atomic mass is 9.98. The van der Waals surface area contributed by atoms with Crippen LogP contribution in [0.5, 0.6) is 0 Å². The lowest BCUT2D eigenvalue weighted by molar-refractivity contribution is -0.127. The van der Waals surface area contributed by atoms with Gasteiger partial charge in [-0.05, 0) is 38.7 Å². The molecule has 0 fully saturated rings. The molecule has 13 nitrogen and oxygen atoms in total. The Morgan fingerprint density at radius 1 is 0.944 bits per heavy atom. The lowest BCUT2D eigenvalue weighted by Gasteiger charge is -2.20. The minimum Gasteiger partial charge on any atom is -0.377 e. The van der Waals surface area contributed by atoms with Crippen LogP contribution in [-0.2, 0) is 46.2 Å².